The molecule has 154 valence electrons. The Kier molecular flexibility index (Phi) is 5.78. The van der Waals surface area contributed by atoms with Gasteiger partial charge in [-0.2, -0.15) is 0 Å². The lowest BCUT2D eigenvalue weighted by molar-refractivity contribution is -0.0107. The molecule has 29 heavy (non-hydrogen) atoms. The van der Waals surface area contributed by atoms with Gasteiger partial charge in [-0.15, -0.1) is 0 Å². The van der Waals surface area contributed by atoms with Crippen molar-refractivity contribution in [2.45, 2.75) is 25.5 Å². The monoisotopic (exact) mass is 398 g/mol. The molecule has 1 amide bonds. The molecular formula is C22H27FN4O2. The number of amides is 1. The summed E-state index contributed by atoms with van der Waals surface area (Å²) in [7, 11) is 0. The molecule has 2 aliphatic heterocycles. The highest BCUT2D eigenvalue weighted by Gasteiger charge is 2.35. The van der Waals surface area contributed by atoms with Crippen LogP contribution >= 0.6 is 0 Å². The summed E-state index contributed by atoms with van der Waals surface area (Å²) in [6.45, 7) is 5.75. The predicted molar refractivity (Wildman–Crippen MR) is 109 cm³/mol. The number of halogens is 1. The van der Waals surface area contributed by atoms with E-state index in [9.17, 15) is 14.3 Å². The van der Waals surface area contributed by atoms with Crippen molar-refractivity contribution in [1.29, 1.82) is 0 Å². The number of carbonyl (C=O) groups is 1. The Bertz CT molecular complexity index is 869. The fraction of sp³-hybridized carbons (Fsp3) is 0.455. The fourth-order valence-electron chi connectivity index (χ4n) is 4.41. The normalized spacial score (nSPS) is 23.3. The number of hydrogen-bond acceptors (Lipinski definition) is 5. The molecule has 3 heterocycles. The van der Waals surface area contributed by atoms with E-state index in [2.05, 4.69) is 14.8 Å². The van der Waals surface area contributed by atoms with Crippen LogP contribution in [0.15, 0.2) is 42.6 Å². The first kappa shape index (κ1) is 19.8. The summed E-state index contributed by atoms with van der Waals surface area (Å²) in [6.07, 6.45) is 1.81. The van der Waals surface area contributed by atoms with Crippen LogP contribution in [0.5, 0.6) is 0 Å². The van der Waals surface area contributed by atoms with Crippen molar-refractivity contribution < 1.29 is 14.3 Å². The van der Waals surface area contributed by atoms with E-state index < -0.39 is 6.10 Å². The molecule has 0 unspecified atom stereocenters. The van der Waals surface area contributed by atoms with Crippen LogP contribution in [0.4, 0.5) is 10.1 Å². The minimum atomic E-state index is -0.593. The van der Waals surface area contributed by atoms with E-state index in [1.807, 2.05) is 19.1 Å². The van der Waals surface area contributed by atoms with Gasteiger partial charge in [0, 0.05) is 57.2 Å². The van der Waals surface area contributed by atoms with Crippen LogP contribution in [-0.2, 0) is 0 Å². The van der Waals surface area contributed by atoms with Gasteiger partial charge in [0.15, 0.2) is 0 Å². The molecule has 0 aliphatic carbocycles. The number of carbonyl (C=O) groups excluding carboxylic acids is 1. The maximum atomic E-state index is 14.0. The lowest BCUT2D eigenvalue weighted by atomic mass is 9.98. The third-order valence-electron chi connectivity index (χ3n) is 6.05. The van der Waals surface area contributed by atoms with Crippen molar-refractivity contribution in [3.63, 3.8) is 0 Å². The van der Waals surface area contributed by atoms with Crippen LogP contribution in [0.2, 0.25) is 0 Å². The highest BCUT2D eigenvalue weighted by Crippen LogP contribution is 2.24. The number of nitrogens with zero attached hydrogens (tertiary/aromatic N) is 4. The third-order valence-corrected chi connectivity index (χ3v) is 6.05. The number of hydrogen-bond donors (Lipinski definition) is 1. The number of rotatable bonds is 3. The molecule has 6 nitrogen and oxygen atoms in total. The maximum absolute atomic E-state index is 14.0. The summed E-state index contributed by atoms with van der Waals surface area (Å²) in [5, 5.41) is 10.8. The summed E-state index contributed by atoms with van der Waals surface area (Å²) in [4.78, 5) is 23.0. The average molecular weight is 398 g/mol. The smallest absolute Gasteiger partial charge is 0.255 e. The van der Waals surface area contributed by atoms with Crippen LogP contribution < -0.4 is 4.90 Å². The molecule has 0 bridgehead atoms. The summed E-state index contributed by atoms with van der Waals surface area (Å²) in [5.74, 6) is -0.268. The number of benzene rings is 1. The standard InChI is InChI=1S/C22H27FN4O2/c1-16-17(5-4-9-24-16)22(29)27-10-8-20(21(28)15-27)26-13-11-25(12-14-26)19-7-3-2-6-18(19)23/h2-7,9,20-21,28H,8,10-15H2,1H3/t20-,21-/m1/s1. The Morgan fingerprint density at radius 3 is 2.55 bits per heavy atom. The third kappa shape index (κ3) is 4.11. The van der Waals surface area contributed by atoms with Gasteiger partial charge in [0.1, 0.15) is 5.82 Å². The number of para-hydroxylation sites is 1. The fourth-order valence-corrected chi connectivity index (χ4v) is 4.41. The number of piperazine rings is 1. The second kappa shape index (κ2) is 8.47. The zero-order chi connectivity index (χ0) is 20.4. The van der Waals surface area contributed by atoms with Crippen LogP contribution in [0.3, 0.4) is 0 Å². The van der Waals surface area contributed by atoms with Crippen LogP contribution in [-0.4, -0.2) is 77.2 Å². The molecule has 0 saturated carbocycles. The SMILES string of the molecule is Cc1ncccc1C(=O)N1CC[C@@H](N2CCN(c3ccccc3F)CC2)[C@H](O)C1. The maximum Gasteiger partial charge on any atom is 0.255 e. The molecule has 1 N–H and O–H groups in total. The van der Waals surface area contributed by atoms with E-state index in [1.54, 1.807) is 29.3 Å². The Morgan fingerprint density at radius 2 is 1.86 bits per heavy atom. The quantitative estimate of drug-likeness (QED) is 0.856. The van der Waals surface area contributed by atoms with Crippen molar-refractivity contribution in [3.05, 3.63) is 59.7 Å². The minimum absolute atomic E-state index is 0.0248. The summed E-state index contributed by atoms with van der Waals surface area (Å²) in [6, 6.07) is 10.4. The molecule has 2 fully saturated rings. The molecule has 2 saturated heterocycles. The molecular weight excluding hydrogens is 371 g/mol. The van der Waals surface area contributed by atoms with Gasteiger partial charge in [0.25, 0.3) is 5.91 Å². The number of piperidine rings is 1. The van der Waals surface area contributed by atoms with Gasteiger partial charge in [0.2, 0.25) is 0 Å². The first-order valence-electron chi connectivity index (χ1n) is 10.2. The molecule has 0 radical (unpaired) electrons. The number of aryl methyl sites for hydroxylation is 1. The van der Waals surface area contributed by atoms with E-state index in [0.717, 1.165) is 32.6 Å². The van der Waals surface area contributed by atoms with Gasteiger partial charge in [0.05, 0.1) is 17.4 Å². The molecule has 2 atom stereocenters. The molecule has 2 aliphatic rings. The number of anilines is 1. The van der Waals surface area contributed by atoms with E-state index in [-0.39, 0.29) is 17.8 Å². The molecule has 1 aromatic carbocycles. The van der Waals surface area contributed by atoms with Crippen molar-refractivity contribution in [3.8, 4) is 0 Å². The average Bonchev–Trinajstić information content (AvgIpc) is 2.74. The summed E-state index contributed by atoms with van der Waals surface area (Å²) in [5.41, 5.74) is 1.94. The minimum Gasteiger partial charge on any atom is -0.390 e. The summed E-state index contributed by atoms with van der Waals surface area (Å²) >= 11 is 0. The van der Waals surface area contributed by atoms with Crippen molar-refractivity contribution in [2.24, 2.45) is 0 Å². The van der Waals surface area contributed by atoms with E-state index >= 15 is 0 Å². The van der Waals surface area contributed by atoms with Gasteiger partial charge in [-0.05, 0) is 37.6 Å². The van der Waals surface area contributed by atoms with Gasteiger partial charge < -0.3 is 14.9 Å². The summed E-state index contributed by atoms with van der Waals surface area (Å²) < 4.78 is 14.0. The van der Waals surface area contributed by atoms with E-state index in [4.69, 9.17) is 0 Å². The zero-order valence-electron chi connectivity index (χ0n) is 16.7. The van der Waals surface area contributed by atoms with Crippen molar-refractivity contribution in [1.82, 2.24) is 14.8 Å². The second-order valence-corrected chi connectivity index (χ2v) is 7.79. The van der Waals surface area contributed by atoms with Crippen LogP contribution in [0.1, 0.15) is 22.5 Å². The van der Waals surface area contributed by atoms with Crippen molar-refractivity contribution in [2.75, 3.05) is 44.2 Å². The van der Waals surface area contributed by atoms with Crippen molar-refractivity contribution >= 4 is 11.6 Å². The number of aliphatic hydroxyl groups excluding tert-OH is 1. The van der Waals surface area contributed by atoms with Gasteiger partial charge in [-0.3, -0.25) is 14.7 Å². The molecule has 4 rings (SSSR count). The van der Waals surface area contributed by atoms with E-state index in [1.165, 1.54) is 6.07 Å². The van der Waals surface area contributed by atoms with Gasteiger partial charge in [-0.25, -0.2) is 4.39 Å². The lowest BCUT2D eigenvalue weighted by Crippen LogP contribution is -2.59. The first-order chi connectivity index (χ1) is 14.0. The Balaban J connectivity index is 1.35. The Morgan fingerprint density at radius 1 is 1.10 bits per heavy atom. The van der Waals surface area contributed by atoms with E-state index in [0.29, 0.717) is 30.0 Å². The molecule has 1 aromatic heterocycles. The Labute approximate surface area is 170 Å². The lowest BCUT2D eigenvalue weighted by Gasteiger charge is -2.45. The second-order valence-electron chi connectivity index (χ2n) is 7.79. The largest absolute Gasteiger partial charge is 0.390 e. The number of likely N-dealkylation sites (tertiary alicyclic amines) is 1. The molecule has 2 aromatic rings. The highest BCUT2D eigenvalue weighted by molar-refractivity contribution is 5.95. The number of pyridine rings is 1. The molecule has 0 spiro atoms. The van der Waals surface area contributed by atoms with Gasteiger partial charge >= 0.3 is 0 Å². The molecule has 7 heteroatoms. The number of aliphatic hydroxyl groups is 1. The number of β-amino-alcohol motifs (C(OH)–C–C–N with tert-alkyl or cyclic N) is 1. The Hall–Kier alpha value is -2.51. The van der Waals surface area contributed by atoms with Crippen LogP contribution in [0, 0.1) is 12.7 Å². The first-order valence-corrected chi connectivity index (χ1v) is 10.2. The zero-order valence-corrected chi connectivity index (χ0v) is 16.7. The predicted octanol–water partition coefficient (Wildman–Crippen LogP) is 1.93. The topological polar surface area (TPSA) is 59.9 Å². The highest BCUT2D eigenvalue weighted by atomic mass is 19.1. The van der Waals surface area contributed by atoms with Gasteiger partial charge in [-0.1, -0.05) is 12.1 Å². The van der Waals surface area contributed by atoms with Crippen LogP contribution in [0.25, 0.3) is 0 Å². The number of aromatic nitrogens is 1.